The fourth-order valence-electron chi connectivity index (χ4n) is 5.05. The minimum absolute atomic E-state index is 0.00806. The van der Waals surface area contributed by atoms with Crippen LogP contribution in [-0.4, -0.2) is 24.0 Å². The van der Waals surface area contributed by atoms with E-state index in [-0.39, 0.29) is 24.2 Å². The molecule has 6 rings (SSSR count). The average Bonchev–Trinajstić information content (AvgIpc) is 3.32. The lowest BCUT2D eigenvalue weighted by Gasteiger charge is -2.19. The number of fused-ring (bicyclic) bond motifs is 1. The summed E-state index contributed by atoms with van der Waals surface area (Å²) in [6.07, 6.45) is 0. The van der Waals surface area contributed by atoms with Crippen LogP contribution in [0.1, 0.15) is 35.8 Å². The Kier molecular flexibility index (Phi) is 5.53. The Morgan fingerprint density at radius 2 is 1.63 bits per heavy atom. The van der Waals surface area contributed by atoms with E-state index >= 15 is 0 Å². The molecule has 1 aliphatic heterocycles. The summed E-state index contributed by atoms with van der Waals surface area (Å²) < 4.78 is 29.6. The number of hydrogen-bond acceptors (Lipinski definition) is 5. The van der Waals surface area contributed by atoms with Gasteiger partial charge in [-0.2, -0.15) is 0 Å². The molecule has 4 aromatic carbocycles. The van der Waals surface area contributed by atoms with E-state index < -0.39 is 15.9 Å². The first-order valence-electron chi connectivity index (χ1n) is 12.2. The lowest BCUT2D eigenvalue weighted by Crippen LogP contribution is -2.26. The van der Waals surface area contributed by atoms with E-state index in [2.05, 4.69) is 10.2 Å². The van der Waals surface area contributed by atoms with Gasteiger partial charge >= 0.3 is 0 Å². The minimum Gasteiger partial charge on any atom is -0.493 e. The van der Waals surface area contributed by atoms with Gasteiger partial charge in [0.15, 0.2) is 5.69 Å². The van der Waals surface area contributed by atoms with Gasteiger partial charge in [-0.25, -0.2) is 8.42 Å². The van der Waals surface area contributed by atoms with Gasteiger partial charge in [0.2, 0.25) is 5.88 Å². The molecule has 1 amide bonds. The number of hydrogen-bond donors (Lipinski definition) is 1. The smallest absolute Gasteiger partial charge is 0.295 e. The molecule has 5 aromatic rings. The minimum atomic E-state index is -3.68. The quantitative estimate of drug-likeness (QED) is 0.258. The van der Waals surface area contributed by atoms with Crippen LogP contribution in [0.25, 0.3) is 21.7 Å². The van der Waals surface area contributed by atoms with Crippen LogP contribution < -0.4 is 4.31 Å². The first-order valence-corrected chi connectivity index (χ1v) is 13.6. The molecule has 38 heavy (non-hydrogen) atoms. The SMILES string of the molecule is CC(C)n1c(O)c(N=NC(=O)c2ccc(CN3c4cccc5cccc(c45)S3(=O)=O)cc2)c2ccccc21. The van der Waals surface area contributed by atoms with Crippen LogP contribution in [0.3, 0.4) is 0 Å². The molecule has 8 nitrogen and oxygen atoms in total. The molecule has 0 saturated carbocycles. The van der Waals surface area contributed by atoms with Gasteiger partial charge < -0.3 is 9.67 Å². The molecule has 0 atom stereocenters. The van der Waals surface area contributed by atoms with Crippen LogP contribution in [0, 0.1) is 0 Å². The lowest BCUT2D eigenvalue weighted by atomic mass is 10.1. The van der Waals surface area contributed by atoms with Crippen molar-refractivity contribution < 1.29 is 18.3 Å². The number of carbonyl (C=O) groups is 1. The highest BCUT2D eigenvalue weighted by atomic mass is 32.2. The Bertz CT molecular complexity index is 1870. The Balaban J connectivity index is 1.25. The number of sulfonamides is 1. The maximum Gasteiger partial charge on any atom is 0.295 e. The van der Waals surface area contributed by atoms with Gasteiger partial charge in [-0.1, -0.05) is 54.6 Å². The van der Waals surface area contributed by atoms with Crippen molar-refractivity contribution >= 4 is 49.0 Å². The second kappa shape index (κ2) is 8.81. The van der Waals surface area contributed by atoms with Crippen molar-refractivity contribution in [3.63, 3.8) is 0 Å². The van der Waals surface area contributed by atoms with Crippen molar-refractivity contribution in [1.29, 1.82) is 0 Å². The molecule has 0 saturated heterocycles. The predicted molar refractivity (Wildman–Crippen MR) is 147 cm³/mol. The fourth-order valence-corrected chi connectivity index (χ4v) is 6.75. The molecule has 0 unspecified atom stereocenters. The largest absolute Gasteiger partial charge is 0.493 e. The van der Waals surface area contributed by atoms with E-state index in [1.54, 1.807) is 47.0 Å². The molecule has 0 fully saturated rings. The standard InChI is InChI=1S/C29H24N4O4S/c1-18(2)33-23-10-4-3-9-22(23)27(29(33)35)30-31-28(34)21-15-13-19(14-16-21)17-32-24-11-5-7-20-8-6-12-25(26(20)24)38(32,36)37/h3-16,18,35H,17H2,1-2H3. The number of rotatable bonds is 5. The maximum atomic E-state index is 13.3. The van der Waals surface area contributed by atoms with Crippen LogP contribution in [0.4, 0.5) is 11.4 Å². The molecule has 1 aromatic heterocycles. The first-order chi connectivity index (χ1) is 18.3. The van der Waals surface area contributed by atoms with E-state index in [1.807, 2.05) is 56.3 Å². The Morgan fingerprint density at radius 1 is 0.921 bits per heavy atom. The highest BCUT2D eigenvalue weighted by Gasteiger charge is 2.35. The topological polar surface area (TPSA) is 104 Å². The molecular formula is C29H24N4O4S. The van der Waals surface area contributed by atoms with Crippen molar-refractivity contribution in [2.75, 3.05) is 4.31 Å². The van der Waals surface area contributed by atoms with Crippen molar-refractivity contribution in [3.8, 4) is 5.88 Å². The van der Waals surface area contributed by atoms with E-state index in [9.17, 15) is 18.3 Å². The number of anilines is 1. The first kappa shape index (κ1) is 23.9. The number of aromatic nitrogens is 1. The summed E-state index contributed by atoms with van der Waals surface area (Å²) >= 11 is 0. The summed E-state index contributed by atoms with van der Waals surface area (Å²) in [5.74, 6) is -0.612. The van der Waals surface area contributed by atoms with Crippen LogP contribution in [0.5, 0.6) is 5.88 Å². The highest BCUT2D eigenvalue weighted by molar-refractivity contribution is 7.93. The summed E-state index contributed by atoms with van der Waals surface area (Å²) in [6, 6.07) is 24.9. The zero-order valence-electron chi connectivity index (χ0n) is 20.7. The van der Waals surface area contributed by atoms with Crippen LogP contribution >= 0.6 is 0 Å². The second-order valence-electron chi connectivity index (χ2n) is 9.50. The number of aromatic hydroxyl groups is 1. The van der Waals surface area contributed by atoms with Gasteiger partial charge in [-0.15, -0.1) is 10.2 Å². The summed E-state index contributed by atoms with van der Waals surface area (Å²) in [5, 5.41) is 21.0. The van der Waals surface area contributed by atoms with Crippen molar-refractivity contribution in [2.45, 2.75) is 31.3 Å². The maximum absolute atomic E-state index is 13.3. The molecule has 9 heteroatoms. The second-order valence-corrected chi connectivity index (χ2v) is 11.3. The van der Waals surface area contributed by atoms with Gasteiger partial charge in [-0.05, 0) is 55.1 Å². The van der Waals surface area contributed by atoms with Crippen LogP contribution in [0.15, 0.2) is 100 Å². The summed E-state index contributed by atoms with van der Waals surface area (Å²) in [4.78, 5) is 13.1. The predicted octanol–water partition coefficient (Wildman–Crippen LogP) is 6.71. The molecular weight excluding hydrogens is 500 g/mol. The Hall–Kier alpha value is -4.50. The molecule has 0 radical (unpaired) electrons. The monoisotopic (exact) mass is 524 g/mol. The van der Waals surface area contributed by atoms with Crippen molar-refractivity contribution in [2.24, 2.45) is 10.2 Å². The zero-order chi connectivity index (χ0) is 26.6. The molecule has 190 valence electrons. The number of nitrogens with zero attached hydrogens (tertiary/aromatic N) is 4. The Labute approximate surface area is 219 Å². The normalized spacial score (nSPS) is 14.3. The van der Waals surface area contributed by atoms with Crippen LogP contribution in [0.2, 0.25) is 0 Å². The molecule has 0 aliphatic carbocycles. The number of para-hydroxylation sites is 1. The third kappa shape index (κ3) is 3.66. The molecule has 1 aliphatic rings. The number of carbonyl (C=O) groups excluding carboxylic acids is 1. The van der Waals surface area contributed by atoms with E-state index in [4.69, 9.17) is 0 Å². The van der Waals surface area contributed by atoms with Gasteiger partial charge in [-0.3, -0.25) is 9.10 Å². The van der Waals surface area contributed by atoms with Gasteiger partial charge in [0.25, 0.3) is 15.9 Å². The third-order valence-corrected chi connectivity index (χ3v) is 8.63. The van der Waals surface area contributed by atoms with E-state index in [1.165, 1.54) is 4.31 Å². The molecule has 1 N–H and O–H groups in total. The molecule has 0 bridgehead atoms. The van der Waals surface area contributed by atoms with Crippen molar-refractivity contribution in [1.82, 2.24) is 4.57 Å². The zero-order valence-corrected chi connectivity index (χ0v) is 21.6. The highest BCUT2D eigenvalue weighted by Crippen LogP contribution is 2.43. The van der Waals surface area contributed by atoms with E-state index in [0.717, 1.165) is 21.9 Å². The Morgan fingerprint density at radius 3 is 2.37 bits per heavy atom. The van der Waals surface area contributed by atoms with E-state index in [0.29, 0.717) is 21.5 Å². The average molecular weight is 525 g/mol. The van der Waals surface area contributed by atoms with Gasteiger partial charge in [0.05, 0.1) is 22.6 Å². The number of benzene rings is 4. The third-order valence-electron chi connectivity index (χ3n) is 6.82. The summed E-state index contributed by atoms with van der Waals surface area (Å²) in [7, 11) is -3.68. The lowest BCUT2D eigenvalue weighted by molar-refractivity contribution is 0.0995. The van der Waals surface area contributed by atoms with Crippen molar-refractivity contribution in [3.05, 3.63) is 96.1 Å². The summed E-state index contributed by atoms with van der Waals surface area (Å²) in [6.45, 7) is 4.03. The molecule has 2 heterocycles. The summed E-state index contributed by atoms with van der Waals surface area (Å²) in [5.41, 5.74) is 2.73. The number of azo groups is 1. The number of amides is 1. The fraction of sp³-hybridized carbons (Fsp3) is 0.138. The van der Waals surface area contributed by atoms with Gasteiger partial charge in [0, 0.05) is 22.4 Å². The molecule has 0 spiro atoms. The van der Waals surface area contributed by atoms with Gasteiger partial charge in [0.1, 0.15) is 0 Å². The van der Waals surface area contributed by atoms with Crippen LogP contribution in [-0.2, 0) is 16.6 Å².